The van der Waals surface area contributed by atoms with Crippen LogP contribution in [0.4, 0.5) is 0 Å². The number of hydrogen-bond acceptors (Lipinski definition) is 5. The summed E-state index contributed by atoms with van der Waals surface area (Å²) >= 11 is 2.99. The number of thioether (sulfide) groups is 1. The maximum Gasteiger partial charge on any atom is 0.231 e. The number of aromatic nitrogens is 2. The van der Waals surface area contributed by atoms with Gasteiger partial charge >= 0.3 is 0 Å². The second-order valence-corrected chi connectivity index (χ2v) is 8.68. The molecule has 0 saturated heterocycles. The van der Waals surface area contributed by atoms with Gasteiger partial charge in [-0.3, -0.25) is 4.79 Å². The zero-order chi connectivity index (χ0) is 20.8. The lowest BCUT2D eigenvalue weighted by Crippen LogP contribution is -2.30. The molecule has 0 saturated carbocycles. The first-order valence-corrected chi connectivity index (χ1v) is 11.5. The number of nitrogens with one attached hydrogen (secondary N) is 1. The highest BCUT2D eigenvalue weighted by atomic mass is 32.2. The van der Waals surface area contributed by atoms with Crippen molar-refractivity contribution in [2.45, 2.75) is 18.1 Å². The van der Waals surface area contributed by atoms with Crippen LogP contribution < -0.4 is 5.32 Å². The molecule has 1 N–H and O–H groups in total. The van der Waals surface area contributed by atoms with Crippen LogP contribution >= 0.6 is 23.1 Å². The molecule has 1 amide bonds. The molecule has 2 heterocycles. The lowest BCUT2D eigenvalue weighted by molar-refractivity contribution is -0.119. The average molecular weight is 432 g/mol. The third-order valence-corrected chi connectivity index (χ3v) is 6.29. The van der Waals surface area contributed by atoms with Crippen LogP contribution in [0.2, 0.25) is 0 Å². The molecule has 2 aromatic heterocycles. The largest absolute Gasteiger partial charge is 0.344 e. The smallest absolute Gasteiger partial charge is 0.231 e. The second-order valence-electron chi connectivity index (χ2n) is 6.76. The Morgan fingerprint density at radius 1 is 1.00 bits per heavy atom. The van der Waals surface area contributed by atoms with Crippen LogP contribution in [0.15, 0.2) is 89.4 Å². The third kappa shape index (κ3) is 5.14. The number of nitrogens with zero attached hydrogens (tertiary/aromatic N) is 2. The van der Waals surface area contributed by atoms with Crippen molar-refractivity contribution in [2.24, 2.45) is 0 Å². The minimum atomic E-state index is -0.155. The Labute approximate surface area is 184 Å². The molecule has 0 unspecified atom stereocenters. The van der Waals surface area contributed by atoms with Crippen LogP contribution in [0, 0.1) is 6.92 Å². The molecule has 150 valence electrons. The molecule has 0 aliphatic carbocycles. The topological polar surface area (TPSA) is 54.9 Å². The van der Waals surface area contributed by atoms with E-state index in [0.29, 0.717) is 5.16 Å². The van der Waals surface area contributed by atoms with E-state index in [0.717, 1.165) is 27.4 Å². The molecule has 4 rings (SSSR count). The maximum atomic E-state index is 12.8. The fourth-order valence-electron chi connectivity index (χ4n) is 3.12. The summed E-state index contributed by atoms with van der Waals surface area (Å²) in [4.78, 5) is 23.0. The highest BCUT2D eigenvalue weighted by Crippen LogP contribution is 2.26. The molecule has 0 aliphatic rings. The van der Waals surface area contributed by atoms with Crippen LogP contribution in [0.3, 0.4) is 0 Å². The molecule has 2 aromatic carbocycles. The fraction of sp³-hybridized carbons (Fsp3) is 0.125. The van der Waals surface area contributed by atoms with E-state index in [1.54, 1.807) is 11.3 Å². The number of aryl methyl sites for hydroxylation is 1. The van der Waals surface area contributed by atoms with Crippen molar-refractivity contribution < 1.29 is 4.79 Å². The van der Waals surface area contributed by atoms with Crippen molar-refractivity contribution in [3.63, 3.8) is 0 Å². The normalized spacial score (nSPS) is 11.8. The number of amides is 1. The molecular formula is C24H21N3OS2. The Kier molecular flexibility index (Phi) is 6.57. The number of carbonyl (C=O) groups is 1. The summed E-state index contributed by atoms with van der Waals surface area (Å²) in [6.07, 6.45) is 0. The van der Waals surface area contributed by atoms with Gasteiger partial charge in [0, 0.05) is 16.1 Å². The van der Waals surface area contributed by atoms with Crippen LogP contribution in [-0.4, -0.2) is 21.6 Å². The first kappa shape index (κ1) is 20.3. The van der Waals surface area contributed by atoms with E-state index in [-0.39, 0.29) is 17.7 Å². The number of carbonyl (C=O) groups excluding carboxylic acids is 1. The van der Waals surface area contributed by atoms with E-state index < -0.39 is 0 Å². The summed E-state index contributed by atoms with van der Waals surface area (Å²) < 4.78 is 0. The Morgan fingerprint density at radius 2 is 1.73 bits per heavy atom. The van der Waals surface area contributed by atoms with E-state index >= 15 is 0 Å². The van der Waals surface area contributed by atoms with Crippen molar-refractivity contribution in [3.8, 4) is 11.3 Å². The first-order valence-electron chi connectivity index (χ1n) is 9.60. The summed E-state index contributed by atoms with van der Waals surface area (Å²) in [5, 5.41) is 5.80. The number of hydrogen-bond donors (Lipinski definition) is 1. The van der Waals surface area contributed by atoms with Crippen molar-refractivity contribution in [2.75, 3.05) is 5.75 Å². The minimum absolute atomic E-state index is 0.0476. The van der Waals surface area contributed by atoms with E-state index in [4.69, 9.17) is 0 Å². The highest BCUT2D eigenvalue weighted by Gasteiger charge is 2.18. The van der Waals surface area contributed by atoms with E-state index in [1.165, 1.54) is 11.8 Å². The van der Waals surface area contributed by atoms with Crippen molar-refractivity contribution in [1.82, 2.24) is 15.3 Å². The standard InChI is InChI=1S/C24H21N3OS2/c1-17-15-20(18-9-4-2-5-10-18)26-24(25-17)30-16-22(28)27-23(21-13-8-14-29-21)19-11-6-3-7-12-19/h2-15,23H,16H2,1H3,(H,27,28)/t23-/m1/s1. The average Bonchev–Trinajstić information content (AvgIpc) is 3.31. The summed E-state index contributed by atoms with van der Waals surface area (Å²) in [5.74, 6) is 0.209. The van der Waals surface area contributed by atoms with Gasteiger partial charge in [0.15, 0.2) is 5.16 Å². The van der Waals surface area contributed by atoms with Gasteiger partial charge in [0.25, 0.3) is 0 Å². The summed E-state index contributed by atoms with van der Waals surface area (Å²) in [5.41, 5.74) is 3.85. The molecule has 0 aliphatic heterocycles. The second kappa shape index (κ2) is 9.69. The van der Waals surface area contributed by atoms with Crippen LogP contribution in [0.5, 0.6) is 0 Å². The minimum Gasteiger partial charge on any atom is -0.344 e. The lowest BCUT2D eigenvalue weighted by Gasteiger charge is -2.18. The molecule has 0 fully saturated rings. The molecule has 0 bridgehead atoms. The van der Waals surface area contributed by atoms with Gasteiger partial charge in [-0.25, -0.2) is 9.97 Å². The Balaban J connectivity index is 1.46. The summed E-state index contributed by atoms with van der Waals surface area (Å²) in [6.45, 7) is 1.94. The predicted octanol–water partition coefficient (Wildman–Crippen LogP) is 5.51. The van der Waals surface area contributed by atoms with Gasteiger partial charge in [0.1, 0.15) is 0 Å². The van der Waals surface area contributed by atoms with Crippen LogP contribution in [0.1, 0.15) is 22.2 Å². The molecular weight excluding hydrogens is 410 g/mol. The quantitative estimate of drug-likeness (QED) is 0.310. The van der Waals surface area contributed by atoms with Gasteiger partial charge in [-0.15, -0.1) is 11.3 Å². The molecule has 1 atom stereocenters. The van der Waals surface area contributed by atoms with Gasteiger partial charge in [-0.2, -0.15) is 0 Å². The van der Waals surface area contributed by atoms with Crippen molar-refractivity contribution >= 4 is 29.0 Å². The van der Waals surface area contributed by atoms with Gasteiger partial charge in [-0.05, 0) is 30.0 Å². The number of rotatable bonds is 7. The highest BCUT2D eigenvalue weighted by molar-refractivity contribution is 7.99. The predicted molar refractivity (Wildman–Crippen MR) is 124 cm³/mol. The molecule has 0 spiro atoms. The molecule has 6 heteroatoms. The van der Waals surface area contributed by atoms with Gasteiger partial charge in [-0.1, -0.05) is 78.5 Å². The lowest BCUT2D eigenvalue weighted by atomic mass is 10.1. The molecule has 0 radical (unpaired) electrons. The van der Waals surface area contributed by atoms with E-state index in [9.17, 15) is 4.79 Å². The summed E-state index contributed by atoms with van der Waals surface area (Å²) in [6, 6.07) is 25.9. The number of thiophene rings is 1. The third-order valence-electron chi connectivity index (χ3n) is 4.50. The van der Waals surface area contributed by atoms with Crippen LogP contribution in [-0.2, 0) is 4.79 Å². The number of benzene rings is 2. The van der Waals surface area contributed by atoms with E-state index in [1.807, 2.05) is 91.2 Å². The van der Waals surface area contributed by atoms with Gasteiger partial charge < -0.3 is 5.32 Å². The zero-order valence-electron chi connectivity index (χ0n) is 16.5. The Hall–Kier alpha value is -2.96. The molecule has 30 heavy (non-hydrogen) atoms. The molecule has 4 nitrogen and oxygen atoms in total. The van der Waals surface area contributed by atoms with Crippen molar-refractivity contribution in [1.29, 1.82) is 0 Å². The molecule has 4 aromatic rings. The zero-order valence-corrected chi connectivity index (χ0v) is 18.1. The SMILES string of the molecule is Cc1cc(-c2ccccc2)nc(SCC(=O)N[C@H](c2ccccc2)c2cccs2)n1. The first-order chi connectivity index (χ1) is 14.7. The van der Waals surface area contributed by atoms with Gasteiger partial charge in [0.05, 0.1) is 17.5 Å². The summed E-state index contributed by atoms with van der Waals surface area (Å²) in [7, 11) is 0. The Bertz CT molecular complexity index is 1100. The van der Waals surface area contributed by atoms with Gasteiger partial charge in [0.2, 0.25) is 5.91 Å². The monoisotopic (exact) mass is 431 g/mol. The Morgan fingerprint density at radius 3 is 2.43 bits per heavy atom. The van der Waals surface area contributed by atoms with E-state index in [2.05, 4.69) is 15.3 Å². The fourth-order valence-corrected chi connectivity index (χ4v) is 4.63. The van der Waals surface area contributed by atoms with Crippen LogP contribution in [0.25, 0.3) is 11.3 Å². The maximum absolute atomic E-state index is 12.8. The van der Waals surface area contributed by atoms with Crippen molar-refractivity contribution in [3.05, 3.63) is 100 Å².